The van der Waals surface area contributed by atoms with Crippen LogP contribution in [0.3, 0.4) is 0 Å². The Kier molecular flexibility index (Phi) is 7.60. The minimum Gasteiger partial charge on any atom is -0.507 e. The summed E-state index contributed by atoms with van der Waals surface area (Å²) < 4.78 is 11.3. The second-order valence-electron chi connectivity index (χ2n) is 11.1. The van der Waals surface area contributed by atoms with Gasteiger partial charge in [-0.3, -0.25) is 14.5 Å². The van der Waals surface area contributed by atoms with Crippen LogP contribution in [0.1, 0.15) is 67.1 Å². The van der Waals surface area contributed by atoms with Crippen molar-refractivity contribution < 1.29 is 24.2 Å². The highest BCUT2D eigenvalue weighted by Crippen LogP contribution is 2.45. The number of aliphatic hydroxyl groups is 1. The number of ether oxygens (including phenoxy) is 2. The summed E-state index contributed by atoms with van der Waals surface area (Å²) in [5, 5.41) is 11.8. The van der Waals surface area contributed by atoms with E-state index >= 15 is 0 Å². The summed E-state index contributed by atoms with van der Waals surface area (Å²) in [7, 11) is 1.56. The number of amides is 1. The molecule has 0 bridgehead atoms. The molecule has 39 heavy (non-hydrogen) atoms. The number of aliphatic hydroxyl groups excluding tert-OH is 1. The smallest absolute Gasteiger partial charge is 0.300 e. The Morgan fingerprint density at radius 1 is 0.923 bits per heavy atom. The van der Waals surface area contributed by atoms with E-state index in [2.05, 4.69) is 20.8 Å². The Bertz CT molecular complexity index is 1460. The van der Waals surface area contributed by atoms with Crippen LogP contribution in [0.2, 0.25) is 0 Å². The number of methoxy groups -OCH3 is 1. The molecule has 1 heterocycles. The summed E-state index contributed by atoms with van der Waals surface area (Å²) in [5.74, 6) is -0.578. The Labute approximate surface area is 230 Å². The van der Waals surface area contributed by atoms with E-state index in [1.54, 1.807) is 25.3 Å². The van der Waals surface area contributed by atoms with Crippen LogP contribution in [-0.2, 0) is 15.0 Å². The molecule has 0 aromatic heterocycles. The molecule has 0 saturated carbocycles. The molecule has 1 aliphatic rings. The van der Waals surface area contributed by atoms with Gasteiger partial charge in [0, 0.05) is 11.3 Å². The van der Waals surface area contributed by atoms with Gasteiger partial charge < -0.3 is 14.6 Å². The molecule has 3 aromatic carbocycles. The quantitative estimate of drug-likeness (QED) is 0.213. The first kappa shape index (κ1) is 28.0. The Hall–Kier alpha value is -4.06. The summed E-state index contributed by atoms with van der Waals surface area (Å²) >= 11 is 0. The van der Waals surface area contributed by atoms with Crippen LogP contribution < -0.4 is 14.4 Å². The highest BCUT2D eigenvalue weighted by atomic mass is 16.5. The van der Waals surface area contributed by atoms with Crippen molar-refractivity contribution in [3.63, 3.8) is 0 Å². The van der Waals surface area contributed by atoms with E-state index in [4.69, 9.17) is 9.47 Å². The average Bonchev–Trinajstić information content (AvgIpc) is 3.13. The molecule has 6 nitrogen and oxygen atoms in total. The third kappa shape index (κ3) is 5.29. The lowest BCUT2D eigenvalue weighted by molar-refractivity contribution is -0.132. The third-order valence-electron chi connectivity index (χ3n) is 7.09. The highest BCUT2D eigenvalue weighted by molar-refractivity contribution is 6.51. The molecule has 1 aliphatic heterocycles. The van der Waals surface area contributed by atoms with Gasteiger partial charge in [-0.1, -0.05) is 45.0 Å². The second kappa shape index (κ2) is 10.6. The number of Topliss-reactive ketones (excluding diaryl/α,β-unsaturated/α-hetero) is 1. The van der Waals surface area contributed by atoms with Crippen LogP contribution in [0.4, 0.5) is 5.69 Å². The van der Waals surface area contributed by atoms with Crippen molar-refractivity contribution in [2.45, 2.75) is 59.9 Å². The summed E-state index contributed by atoms with van der Waals surface area (Å²) in [4.78, 5) is 28.9. The summed E-state index contributed by atoms with van der Waals surface area (Å²) in [6.07, 6.45) is 0. The van der Waals surface area contributed by atoms with Gasteiger partial charge >= 0.3 is 0 Å². The Morgan fingerprint density at radius 3 is 2.18 bits per heavy atom. The molecule has 1 fully saturated rings. The van der Waals surface area contributed by atoms with Crippen molar-refractivity contribution >= 4 is 23.1 Å². The molecule has 6 heteroatoms. The summed E-state index contributed by atoms with van der Waals surface area (Å²) in [6, 6.07) is 16.1. The Balaban J connectivity index is 2.03. The van der Waals surface area contributed by atoms with Gasteiger partial charge in [-0.05, 0) is 91.3 Å². The first-order valence-corrected chi connectivity index (χ1v) is 13.2. The van der Waals surface area contributed by atoms with Gasteiger partial charge in [-0.2, -0.15) is 0 Å². The topological polar surface area (TPSA) is 76.1 Å². The van der Waals surface area contributed by atoms with Crippen LogP contribution >= 0.6 is 0 Å². The largest absolute Gasteiger partial charge is 0.507 e. The number of carbonyl (C=O) groups is 2. The molecule has 1 unspecified atom stereocenters. The normalized spacial score (nSPS) is 17.0. The highest BCUT2D eigenvalue weighted by Gasteiger charge is 2.47. The minimum atomic E-state index is -0.867. The van der Waals surface area contributed by atoms with Gasteiger partial charge in [0.15, 0.2) is 11.5 Å². The van der Waals surface area contributed by atoms with E-state index in [0.29, 0.717) is 34.9 Å². The number of nitrogens with zero attached hydrogens (tertiary/aromatic N) is 1. The van der Waals surface area contributed by atoms with Gasteiger partial charge in [0.25, 0.3) is 11.7 Å². The number of hydrogen-bond acceptors (Lipinski definition) is 5. The van der Waals surface area contributed by atoms with Crippen molar-refractivity contribution in [3.05, 3.63) is 93.6 Å². The summed E-state index contributed by atoms with van der Waals surface area (Å²) in [5.41, 5.74) is 5.37. The van der Waals surface area contributed by atoms with Gasteiger partial charge in [0.2, 0.25) is 0 Å². The predicted molar refractivity (Wildman–Crippen MR) is 155 cm³/mol. The molecular formula is C33H37NO5. The van der Waals surface area contributed by atoms with Gasteiger partial charge in [0.1, 0.15) is 5.76 Å². The lowest BCUT2D eigenvalue weighted by atomic mass is 9.84. The fourth-order valence-electron chi connectivity index (χ4n) is 5.12. The van der Waals surface area contributed by atoms with Crippen molar-refractivity contribution in [1.29, 1.82) is 0 Å². The maximum absolute atomic E-state index is 13.7. The number of rotatable bonds is 6. The molecular weight excluding hydrogens is 490 g/mol. The molecule has 1 amide bonds. The predicted octanol–water partition coefficient (Wildman–Crippen LogP) is 6.94. The molecule has 1 N–H and O–H groups in total. The SMILES string of the molecule is CCOc1cc(C2/C(=C(\O)c3cc(C(C)(C)C)ccc3C)C(=O)C(=O)N2c2cc(C)cc(C)c2)ccc1OC. The number of carbonyl (C=O) groups excluding carboxylic acids is 2. The molecule has 0 spiro atoms. The van der Waals surface area contributed by atoms with Crippen LogP contribution in [0.15, 0.2) is 60.2 Å². The second-order valence-corrected chi connectivity index (χ2v) is 11.1. The monoisotopic (exact) mass is 527 g/mol. The number of hydrogen-bond donors (Lipinski definition) is 1. The number of aryl methyl sites for hydroxylation is 3. The van der Waals surface area contributed by atoms with Gasteiger partial charge in [0.05, 0.1) is 25.3 Å². The maximum Gasteiger partial charge on any atom is 0.300 e. The van der Waals surface area contributed by atoms with Gasteiger partial charge in [-0.15, -0.1) is 0 Å². The standard InChI is InChI=1S/C33H37NO5/c1-9-39-27-17-22(11-13-26(27)38-8)29-28(30(35)25-18-23(33(5,6)7)12-10-21(25)4)31(36)32(37)34(29)24-15-19(2)14-20(3)16-24/h10-18,29,35H,9H2,1-8H3/b30-28+. The number of benzene rings is 3. The van der Waals surface area contributed by atoms with Gasteiger partial charge in [-0.25, -0.2) is 0 Å². The molecule has 0 aliphatic carbocycles. The third-order valence-corrected chi connectivity index (χ3v) is 7.09. The van der Waals surface area contributed by atoms with Crippen LogP contribution in [0.5, 0.6) is 11.5 Å². The van der Waals surface area contributed by atoms with E-state index in [9.17, 15) is 14.7 Å². The zero-order valence-corrected chi connectivity index (χ0v) is 24.0. The molecule has 0 radical (unpaired) electrons. The first-order chi connectivity index (χ1) is 18.4. The minimum absolute atomic E-state index is 0.0425. The van der Waals surface area contributed by atoms with E-state index in [-0.39, 0.29) is 16.7 Å². The first-order valence-electron chi connectivity index (χ1n) is 13.2. The van der Waals surface area contributed by atoms with Crippen molar-refractivity contribution in [2.75, 3.05) is 18.6 Å². The molecule has 1 saturated heterocycles. The molecule has 3 aromatic rings. The van der Waals surface area contributed by atoms with Crippen LogP contribution in [0.25, 0.3) is 5.76 Å². The summed E-state index contributed by atoms with van der Waals surface area (Å²) in [6.45, 7) is 14.3. The van der Waals surface area contributed by atoms with Crippen molar-refractivity contribution in [1.82, 2.24) is 0 Å². The van der Waals surface area contributed by atoms with Crippen molar-refractivity contribution in [2.24, 2.45) is 0 Å². The van der Waals surface area contributed by atoms with Crippen molar-refractivity contribution in [3.8, 4) is 11.5 Å². The van der Waals surface area contributed by atoms with E-state index < -0.39 is 17.7 Å². The molecule has 1 atom stereocenters. The number of ketones is 1. The van der Waals surface area contributed by atoms with E-state index in [1.165, 1.54) is 4.90 Å². The van der Waals surface area contributed by atoms with Crippen LogP contribution in [-0.4, -0.2) is 30.5 Å². The van der Waals surface area contributed by atoms with E-state index in [1.807, 2.05) is 64.1 Å². The Morgan fingerprint density at radius 2 is 1.59 bits per heavy atom. The van der Waals surface area contributed by atoms with Crippen LogP contribution in [0, 0.1) is 20.8 Å². The molecule has 4 rings (SSSR count). The fourth-order valence-corrected chi connectivity index (χ4v) is 5.12. The maximum atomic E-state index is 13.7. The van der Waals surface area contributed by atoms with E-state index in [0.717, 1.165) is 22.3 Å². The fraction of sp³-hybridized carbons (Fsp3) is 0.333. The lowest BCUT2D eigenvalue weighted by Gasteiger charge is -2.27. The molecule has 204 valence electrons. The lowest BCUT2D eigenvalue weighted by Crippen LogP contribution is -2.29. The number of anilines is 1. The average molecular weight is 528 g/mol. The zero-order valence-electron chi connectivity index (χ0n) is 24.0. The zero-order chi connectivity index (χ0) is 28.6.